The summed E-state index contributed by atoms with van der Waals surface area (Å²) in [5.74, 6) is 0.903. The van der Waals surface area contributed by atoms with E-state index in [0.29, 0.717) is 0 Å². The first-order valence-electron chi connectivity index (χ1n) is 9.52. The Kier molecular flexibility index (Phi) is 6.29. The Labute approximate surface area is 156 Å². The van der Waals surface area contributed by atoms with Crippen LogP contribution in [0.4, 0.5) is 0 Å². The summed E-state index contributed by atoms with van der Waals surface area (Å²) in [4.78, 5) is 2.34. The maximum absolute atomic E-state index is 6.17. The zero-order chi connectivity index (χ0) is 18.4. The lowest BCUT2D eigenvalue weighted by Crippen LogP contribution is -2.19. The molecule has 0 saturated carbocycles. The van der Waals surface area contributed by atoms with E-state index in [4.69, 9.17) is 4.74 Å². The number of aromatic nitrogens is 2. The maximum atomic E-state index is 6.17. The van der Waals surface area contributed by atoms with Crippen molar-refractivity contribution in [3.05, 3.63) is 59.8 Å². The second-order valence-electron chi connectivity index (χ2n) is 7.09. The Balaban J connectivity index is 1.68. The Morgan fingerprint density at radius 1 is 1.15 bits per heavy atom. The molecular weight excluding hydrogens is 322 g/mol. The van der Waals surface area contributed by atoms with Gasteiger partial charge in [0, 0.05) is 18.4 Å². The van der Waals surface area contributed by atoms with Gasteiger partial charge in [0.1, 0.15) is 5.75 Å². The minimum atomic E-state index is 0.123. The number of unbranched alkanes of at least 4 members (excludes halogenated alkanes) is 1. The highest BCUT2D eigenvalue weighted by molar-refractivity contribution is 5.82. The molecule has 0 aliphatic rings. The normalized spacial score (nSPS) is 12.6. The van der Waals surface area contributed by atoms with Crippen LogP contribution in [0.2, 0.25) is 0 Å². The highest BCUT2D eigenvalue weighted by Crippen LogP contribution is 2.24. The number of nitrogens with one attached hydrogen (secondary N) is 1. The molecule has 4 nitrogen and oxygen atoms in total. The average Bonchev–Trinajstić information content (AvgIpc) is 3.03. The van der Waals surface area contributed by atoms with Crippen molar-refractivity contribution in [1.82, 2.24) is 15.1 Å². The van der Waals surface area contributed by atoms with Gasteiger partial charge in [0.05, 0.1) is 17.3 Å². The molecule has 0 aliphatic carbocycles. The van der Waals surface area contributed by atoms with Gasteiger partial charge < -0.3 is 9.64 Å². The number of H-pyrrole nitrogens is 1. The summed E-state index contributed by atoms with van der Waals surface area (Å²) < 4.78 is 6.17. The molecule has 1 atom stereocenters. The fourth-order valence-electron chi connectivity index (χ4n) is 3.23. The number of hydrogen-bond donors (Lipinski definition) is 1. The maximum Gasteiger partial charge on any atom is 0.120 e. The SMILES string of the molecule is CCCCN(C)Cc1[nH]nc2ccc(OC(C)Cc3ccccc3)cc12. The van der Waals surface area contributed by atoms with Crippen molar-refractivity contribution in [2.24, 2.45) is 0 Å². The van der Waals surface area contributed by atoms with Crippen molar-refractivity contribution < 1.29 is 4.74 Å². The van der Waals surface area contributed by atoms with Gasteiger partial charge in [-0.25, -0.2) is 0 Å². The van der Waals surface area contributed by atoms with Gasteiger partial charge in [-0.3, -0.25) is 5.10 Å². The Bertz CT molecular complexity index is 813. The molecule has 3 rings (SSSR count). The van der Waals surface area contributed by atoms with Crippen LogP contribution in [0.1, 0.15) is 37.9 Å². The number of aromatic amines is 1. The van der Waals surface area contributed by atoms with Crippen LogP contribution in [-0.4, -0.2) is 34.8 Å². The monoisotopic (exact) mass is 351 g/mol. The first-order chi connectivity index (χ1) is 12.7. The number of benzene rings is 2. The van der Waals surface area contributed by atoms with E-state index in [2.05, 4.69) is 66.3 Å². The van der Waals surface area contributed by atoms with E-state index in [1.54, 1.807) is 0 Å². The molecule has 1 heterocycles. The van der Waals surface area contributed by atoms with Gasteiger partial charge in [0.2, 0.25) is 0 Å². The third-order valence-electron chi connectivity index (χ3n) is 4.63. The zero-order valence-corrected chi connectivity index (χ0v) is 16.0. The molecule has 4 heteroatoms. The summed E-state index contributed by atoms with van der Waals surface area (Å²) >= 11 is 0. The van der Waals surface area contributed by atoms with Crippen molar-refractivity contribution in [3.63, 3.8) is 0 Å². The lowest BCUT2D eigenvalue weighted by atomic mass is 10.1. The van der Waals surface area contributed by atoms with Crippen LogP contribution in [0, 0.1) is 0 Å². The summed E-state index contributed by atoms with van der Waals surface area (Å²) in [6.07, 6.45) is 3.45. The minimum Gasteiger partial charge on any atom is -0.490 e. The van der Waals surface area contributed by atoms with Gasteiger partial charge in [0.25, 0.3) is 0 Å². The molecule has 0 spiro atoms. The summed E-state index contributed by atoms with van der Waals surface area (Å²) in [7, 11) is 2.16. The zero-order valence-electron chi connectivity index (χ0n) is 16.0. The average molecular weight is 351 g/mol. The standard InChI is InChI=1S/C22H29N3O/c1-4-5-13-25(3)16-22-20-15-19(11-12-21(20)23-24-22)26-17(2)14-18-9-7-6-8-10-18/h6-12,15,17H,4-5,13-14,16H2,1-3H3,(H,23,24). The largest absolute Gasteiger partial charge is 0.490 e. The molecule has 1 N–H and O–H groups in total. The smallest absolute Gasteiger partial charge is 0.120 e. The van der Waals surface area contributed by atoms with Crippen molar-refractivity contribution >= 4 is 10.9 Å². The summed E-state index contributed by atoms with van der Waals surface area (Å²) in [5.41, 5.74) is 3.44. The Hall–Kier alpha value is -2.33. The van der Waals surface area contributed by atoms with Crippen LogP contribution < -0.4 is 4.74 Å². The van der Waals surface area contributed by atoms with E-state index in [-0.39, 0.29) is 6.10 Å². The summed E-state index contributed by atoms with van der Waals surface area (Å²) in [5, 5.41) is 8.78. The van der Waals surface area contributed by atoms with Gasteiger partial charge in [-0.2, -0.15) is 5.10 Å². The van der Waals surface area contributed by atoms with E-state index in [1.165, 1.54) is 18.4 Å². The summed E-state index contributed by atoms with van der Waals surface area (Å²) in [6.45, 7) is 6.31. The predicted octanol–water partition coefficient (Wildman–Crippen LogP) is 4.80. The van der Waals surface area contributed by atoms with Gasteiger partial charge >= 0.3 is 0 Å². The molecule has 1 aromatic heterocycles. The van der Waals surface area contributed by atoms with Crippen LogP contribution in [0.3, 0.4) is 0 Å². The van der Waals surface area contributed by atoms with E-state index in [9.17, 15) is 0 Å². The second kappa shape index (κ2) is 8.86. The number of nitrogens with zero attached hydrogens (tertiary/aromatic N) is 2. The number of rotatable bonds is 9. The van der Waals surface area contributed by atoms with E-state index < -0.39 is 0 Å². The molecule has 3 aromatic rings. The molecule has 0 aliphatic heterocycles. The van der Waals surface area contributed by atoms with E-state index >= 15 is 0 Å². The van der Waals surface area contributed by atoms with Crippen molar-refractivity contribution in [1.29, 1.82) is 0 Å². The number of ether oxygens (including phenoxy) is 1. The third kappa shape index (κ3) is 4.85. The van der Waals surface area contributed by atoms with Gasteiger partial charge in [-0.1, -0.05) is 43.7 Å². The van der Waals surface area contributed by atoms with Crippen LogP contribution in [0.5, 0.6) is 5.75 Å². The first-order valence-corrected chi connectivity index (χ1v) is 9.52. The van der Waals surface area contributed by atoms with E-state index in [1.807, 2.05) is 18.2 Å². The highest BCUT2D eigenvalue weighted by atomic mass is 16.5. The fourth-order valence-corrected chi connectivity index (χ4v) is 3.23. The first kappa shape index (κ1) is 18.5. The van der Waals surface area contributed by atoms with Crippen molar-refractivity contribution in [2.45, 2.75) is 45.8 Å². The third-order valence-corrected chi connectivity index (χ3v) is 4.63. The predicted molar refractivity (Wildman–Crippen MR) is 108 cm³/mol. The van der Waals surface area contributed by atoms with Crippen molar-refractivity contribution in [2.75, 3.05) is 13.6 Å². The Morgan fingerprint density at radius 3 is 2.73 bits per heavy atom. The lowest BCUT2D eigenvalue weighted by molar-refractivity contribution is 0.222. The topological polar surface area (TPSA) is 41.2 Å². The number of fused-ring (bicyclic) bond motifs is 1. The molecule has 26 heavy (non-hydrogen) atoms. The molecule has 0 bridgehead atoms. The van der Waals surface area contributed by atoms with E-state index in [0.717, 1.165) is 41.9 Å². The molecule has 138 valence electrons. The summed E-state index contributed by atoms with van der Waals surface area (Å²) in [6, 6.07) is 16.6. The van der Waals surface area contributed by atoms with Crippen molar-refractivity contribution in [3.8, 4) is 5.75 Å². The van der Waals surface area contributed by atoms with Crippen LogP contribution in [-0.2, 0) is 13.0 Å². The van der Waals surface area contributed by atoms with Crippen LogP contribution in [0.25, 0.3) is 10.9 Å². The van der Waals surface area contributed by atoms with Crippen LogP contribution in [0.15, 0.2) is 48.5 Å². The molecule has 0 saturated heterocycles. The van der Waals surface area contributed by atoms with Gasteiger partial charge in [-0.05, 0) is 50.7 Å². The van der Waals surface area contributed by atoms with Gasteiger partial charge in [-0.15, -0.1) is 0 Å². The molecule has 0 radical (unpaired) electrons. The lowest BCUT2D eigenvalue weighted by Gasteiger charge is -2.16. The molecular formula is C22H29N3O. The highest BCUT2D eigenvalue weighted by Gasteiger charge is 2.11. The second-order valence-corrected chi connectivity index (χ2v) is 7.09. The molecule has 0 amide bonds. The molecule has 1 unspecified atom stereocenters. The Morgan fingerprint density at radius 2 is 1.96 bits per heavy atom. The quantitative estimate of drug-likeness (QED) is 0.602. The molecule has 0 fully saturated rings. The van der Waals surface area contributed by atoms with Gasteiger partial charge in [0.15, 0.2) is 0 Å². The van der Waals surface area contributed by atoms with Crippen LogP contribution >= 0.6 is 0 Å². The fraction of sp³-hybridized carbons (Fsp3) is 0.409. The molecule has 2 aromatic carbocycles. The minimum absolute atomic E-state index is 0.123. The number of hydrogen-bond acceptors (Lipinski definition) is 3.